The van der Waals surface area contributed by atoms with Crippen molar-refractivity contribution in [1.82, 2.24) is 10.3 Å². The van der Waals surface area contributed by atoms with Crippen LogP contribution in [-0.4, -0.2) is 35.0 Å². The molecule has 2 amide bonds. The zero-order valence-electron chi connectivity index (χ0n) is 15.1. The minimum atomic E-state index is -0.360. The second-order valence-corrected chi connectivity index (χ2v) is 6.71. The summed E-state index contributed by atoms with van der Waals surface area (Å²) in [4.78, 5) is 26.3. The van der Waals surface area contributed by atoms with E-state index < -0.39 is 0 Å². The molecular formula is C21H23N3O2. The van der Waals surface area contributed by atoms with Crippen molar-refractivity contribution in [3.63, 3.8) is 0 Å². The van der Waals surface area contributed by atoms with Crippen molar-refractivity contribution in [3.8, 4) is 0 Å². The third kappa shape index (κ3) is 3.99. The van der Waals surface area contributed by atoms with Gasteiger partial charge in [-0.15, -0.1) is 0 Å². The molecule has 1 aliphatic rings. The van der Waals surface area contributed by atoms with Crippen molar-refractivity contribution in [2.45, 2.75) is 26.3 Å². The molecule has 1 N–H and O–H groups in total. The SMILES string of the molecule is CC(C)N1C[C@H](C(=O)NN=C(c2ccccc2)c2ccccc2)CC1=O. The van der Waals surface area contributed by atoms with Gasteiger partial charge in [0.2, 0.25) is 11.8 Å². The average Bonchev–Trinajstić information content (AvgIpc) is 3.06. The van der Waals surface area contributed by atoms with Crippen molar-refractivity contribution >= 4 is 17.5 Å². The molecule has 134 valence electrons. The van der Waals surface area contributed by atoms with Crippen LogP contribution in [0.1, 0.15) is 31.4 Å². The van der Waals surface area contributed by atoms with E-state index in [1.54, 1.807) is 4.90 Å². The molecule has 0 aromatic heterocycles. The molecule has 3 rings (SSSR count). The van der Waals surface area contributed by atoms with Crippen molar-refractivity contribution in [2.75, 3.05) is 6.54 Å². The van der Waals surface area contributed by atoms with Gasteiger partial charge in [0, 0.05) is 30.1 Å². The maximum atomic E-state index is 12.5. The van der Waals surface area contributed by atoms with Gasteiger partial charge < -0.3 is 4.90 Å². The summed E-state index contributed by atoms with van der Waals surface area (Å²) in [5, 5.41) is 4.39. The first-order valence-electron chi connectivity index (χ1n) is 8.84. The molecule has 26 heavy (non-hydrogen) atoms. The van der Waals surface area contributed by atoms with E-state index in [9.17, 15) is 9.59 Å². The zero-order valence-corrected chi connectivity index (χ0v) is 15.1. The number of benzene rings is 2. The summed E-state index contributed by atoms with van der Waals surface area (Å²) in [5.41, 5.74) is 5.21. The summed E-state index contributed by atoms with van der Waals surface area (Å²) >= 11 is 0. The molecule has 0 bridgehead atoms. The Bertz CT molecular complexity index is 759. The van der Waals surface area contributed by atoms with Gasteiger partial charge >= 0.3 is 0 Å². The van der Waals surface area contributed by atoms with Gasteiger partial charge in [0.1, 0.15) is 0 Å². The third-order valence-electron chi connectivity index (χ3n) is 4.52. The van der Waals surface area contributed by atoms with Gasteiger partial charge in [-0.2, -0.15) is 5.10 Å². The van der Waals surface area contributed by atoms with Gasteiger partial charge in [0.15, 0.2) is 0 Å². The Balaban J connectivity index is 1.79. The molecule has 0 aliphatic carbocycles. The van der Waals surface area contributed by atoms with E-state index >= 15 is 0 Å². The van der Waals surface area contributed by atoms with Crippen molar-refractivity contribution in [3.05, 3.63) is 71.8 Å². The summed E-state index contributed by atoms with van der Waals surface area (Å²) in [7, 11) is 0. The number of likely N-dealkylation sites (tertiary alicyclic amines) is 1. The van der Waals surface area contributed by atoms with Crippen LogP contribution in [0.25, 0.3) is 0 Å². The van der Waals surface area contributed by atoms with E-state index in [4.69, 9.17) is 0 Å². The third-order valence-corrected chi connectivity index (χ3v) is 4.52. The van der Waals surface area contributed by atoms with Gasteiger partial charge in [-0.05, 0) is 13.8 Å². The van der Waals surface area contributed by atoms with Crippen LogP contribution in [0.3, 0.4) is 0 Å². The summed E-state index contributed by atoms with van der Waals surface area (Å²) in [6, 6.07) is 19.6. The number of rotatable bonds is 5. The van der Waals surface area contributed by atoms with Crippen LogP contribution in [-0.2, 0) is 9.59 Å². The van der Waals surface area contributed by atoms with Crippen molar-refractivity contribution in [1.29, 1.82) is 0 Å². The molecule has 2 aromatic rings. The number of hydrogen-bond donors (Lipinski definition) is 1. The molecule has 1 fully saturated rings. The molecule has 2 aromatic carbocycles. The Kier molecular flexibility index (Phi) is 5.46. The Hall–Kier alpha value is -2.95. The van der Waals surface area contributed by atoms with Crippen molar-refractivity contribution < 1.29 is 9.59 Å². The van der Waals surface area contributed by atoms with Crippen LogP contribution in [0.4, 0.5) is 0 Å². The Morgan fingerprint density at radius 2 is 1.58 bits per heavy atom. The predicted molar refractivity (Wildman–Crippen MR) is 102 cm³/mol. The summed E-state index contributed by atoms with van der Waals surface area (Å²) < 4.78 is 0. The minimum Gasteiger partial charge on any atom is -0.339 e. The van der Waals surface area contributed by atoms with Gasteiger partial charge in [0.25, 0.3) is 0 Å². The van der Waals surface area contributed by atoms with Crippen LogP contribution >= 0.6 is 0 Å². The van der Waals surface area contributed by atoms with E-state index in [0.717, 1.165) is 11.1 Å². The Labute approximate surface area is 153 Å². The first-order chi connectivity index (χ1) is 12.6. The second-order valence-electron chi connectivity index (χ2n) is 6.71. The predicted octanol–water partition coefficient (Wildman–Crippen LogP) is 2.81. The fourth-order valence-electron chi connectivity index (χ4n) is 3.10. The van der Waals surface area contributed by atoms with Crippen LogP contribution in [0.2, 0.25) is 0 Å². The molecule has 1 saturated heterocycles. The molecule has 0 unspecified atom stereocenters. The first kappa shape index (κ1) is 17.9. The fourth-order valence-corrected chi connectivity index (χ4v) is 3.10. The number of hydrazone groups is 1. The van der Waals surface area contributed by atoms with Gasteiger partial charge in [-0.25, -0.2) is 5.43 Å². The normalized spacial score (nSPS) is 16.7. The highest BCUT2D eigenvalue weighted by Crippen LogP contribution is 2.20. The summed E-state index contributed by atoms with van der Waals surface area (Å²) in [6.07, 6.45) is 0.242. The molecule has 1 atom stereocenters. The lowest BCUT2D eigenvalue weighted by atomic mass is 10.0. The van der Waals surface area contributed by atoms with Crippen LogP contribution in [0.5, 0.6) is 0 Å². The standard InChI is InChI=1S/C21H23N3O2/c1-15(2)24-14-18(13-19(24)25)21(26)23-22-20(16-9-5-3-6-10-16)17-11-7-4-8-12-17/h3-12,15,18H,13-14H2,1-2H3,(H,23,26)/t18-/m1/s1. The highest BCUT2D eigenvalue weighted by Gasteiger charge is 2.35. The molecule has 5 heteroatoms. The topological polar surface area (TPSA) is 61.8 Å². The van der Waals surface area contributed by atoms with Crippen LogP contribution in [0, 0.1) is 5.92 Å². The van der Waals surface area contributed by atoms with E-state index in [1.807, 2.05) is 74.5 Å². The molecule has 1 aliphatic heterocycles. The van der Waals surface area contributed by atoms with Crippen molar-refractivity contribution in [2.24, 2.45) is 11.0 Å². The quantitative estimate of drug-likeness (QED) is 0.666. The highest BCUT2D eigenvalue weighted by atomic mass is 16.2. The first-order valence-corrected chi connectivity index (χ1v) is 8.84. The van der Waals surface area contributed by atoms with E-state index in [0.29, 0.717) is 12.3 Å². The van der Waals surface area contributed by atoms with E-state index in [1.165, 1.54) is 0 Å². The molecule has 0 saturated carbocycles. The number of hydrogen-bond acceptors (Lipinski definition) is 3. The number of carbonyl (C=O) groups is 2. The number of carbonyl (C=O) groups excluding carboxylic acids is 2. The van der Waals surface area contributed by atoms with Gasteiger partial charge in [-0.1, -0.05) is 60.7 Å². The summed E-state index contributed by atoms with van der Waals surface area (Å²) in [5.74, 6) is -0.553. The average molecular weight is 349 g/mol. The number of nitrogens with zero attached hydrogens (tertiary/aromatic N) is 2. The Morgan fingerprint density at radius 3 is 2.04 bits per heavy atom. The minimum absolute atomic E-state index is 0.0236. The lowest BCUT2D eigenvalue weighted by molar-refractivity contribution is -0.129. The fraction of sp³-hybridized carbons (Fsp3) is 0.286. The zero-order chi connectivity index (χ0) is 18.5. The maximum Gasteiger partial charge on any atom is 0.245 e. The highest BCUT2D eigenvalue weighted by molar-refractivity contribution is 6.13. The van der Waals surface area contributed by atoms with Crippen LogP contribution in [0.15, 0.2) is 65.8 Å². The molecule has 0 spiro atoms. The number of amides is 2. The molecule has 0 radical (unpaired) electrons. The maximum absolute atomic E-state index is 12.5. The Morgan fingerprint density at radius 1 is 1.04 bits per heavy atom. The second kappa shape index (κ2) is 7.95. The monoisotopic (exact) mass is 349 g/mol. The van der Waals surface area contributed by atoms with Crippen LogP contribution < -0.4 is 5.43 Å². The lowest BCUT2D eigenvalue weighted by Gasteiger charge is -2.20. The van der Waals surface area contributed by atoms with Gasteiger partial charge in [0.05, 0.1) is 11.6 Å². The number of nitrogens with one attached hydrogen (secondary N) is 1. The lowest BCUT2D eigenvalue weighted by Crippen LogP contribution is -2.34. The van der Waals surface area contributed by atoms with Gasteiger partial charge in [-0.3, -0.25) is 9.59 Å². The molecular weight excluding hydrogens is 326 g/mol. The molecule has 1 heterocycles. The summed E-state index contributed by atoms with van der Waals surface area (Å²) in [6.45, 7) is 4.36. The smallest absolute Gasteiger partial charge is 0.245 e. The van der Waals surface area contributed by atoms with E-state index in [2.05, 4.69) is 10.5 Å². The largest absolute Gasteiger partial charge is 0.339 e. The van der Waals surface area contributed by atoms with E-state index in [-0.39, 0.29) is 30.2 Å². The molecule has 5 nitrogen and oxygen atoms in total.